The van der Waals surface area contributed by atoms with Crippen molar-refractivity contribution in [3.05, 3.63) is 99.2 Å². The number of halogens is 2. The number of benzene rings is 3. The third-order valence-electron chi connectivity index (χ3n) is 4.51. The Morgan fingerprint density at radius 2 is 1.58 bits per heavy atom. The van der Waals surface area contributed by atoms with Crippen LogP contribution in [0.15, 0.2) is 72.4 Å². The van der Waals surface area contributed by atoms with Gasteiger partial charge in [0.05, 0.1) is 18.4 Å². The van der Waals surface area contributed by atoms with Crippen LogP contribution in [0.25, 0.3) is 6.08 Å². The maximum atomic E-state index is 13.2. The van der Waals surface area contributed by atoms with Gasteiger partial charge < -0.3 is 20.5 Å². The van der Waals surface area contributed by atoms with E-state index in [2.05, 4.69) is 10.6 Å². The molecule has 3 aromatic rings. The van der Waals surface area contributed by atoms with E-state index in [1.807, 2.05) is 0 Å². The Bertz CT molecular complexity index is 1220. The number of carboxylic acid groups (broad SMARTS) is 1. The van der Waals surface area contributed by atoms with Crippen molar-refractivity contribution in [3.8, 4) is 5.75 Å². The quantitative estimate of drug-likeness (QED) is 0.404. The fourth-order valence-electron chi connectivity index (χ4n) is 2.86. The normalized spacial score (nSPS) is 10.9. The molecule has 7 nitrogen and oxygen atoms in total. The number of carboxylic acids is 1. The van der Waals surface area contributed by atoms with Crippen LogP contribution in [0, 0.1) is 0 Å². The van der Waals surface area contributed by atoms with Crippen LogP contribution in [-0.4, -0.2) is 30.0 Å². The number of nitrogens with one attached hydrogen (secondary N) is 2. The van der Waals surface area contributed by atoms with Crippen molar-refractivity contribution in [2.75, 3.05) is 12.4 Å². The predicted octanol–water partition coefficient (Wildman–Crippen LogP) is 5.11. The molecule has 0 unspecified atom stereocenters. The number of carbonyl (C=O) groups excluding carboxylic acids is 2. The van der Waals surface area contributed by atoms with Gasteiger partial charge in [-0.25, -0.2) is 4.79 Å². The molecule has 3 rings (SSSR count). The summed E-state index contributed by atoms with van der Waals surface area (Å²) in [6, 6.07) is 17.1. The molecule has 0 bridgehead atoms. The average molecular weight is 485 g/mol. The molecule has 168 valence electrons. The largest absolute Gasteiger partial charge is 0.495 e. The molecule has 3 aromatic carbocycles. The fourth-order valence-corrected chi connectivity index (χ4v) is 3.37. The van der Waals surface area contributed by atoms with Crippen LogP contribution in [0.4, 0.5) is 5.69 Å². The molecule has 0 heterocycles. The highest BCUT2D eigenvalue weighted by Gasteiger charge is 2.19. The second kappa shape index (κ2) is 10.7. The first kappa shape index (κ1) is 23.8. The first-order chi connectivity index (χ1) is 15.8. The highest BCUT2D eigenvalue weighted by Crippen LogP contribution is 2.28. The van der Waals surface area contributed by atoms with Gasteiger partial charge in [-0.15, -0.1) is 0 Å². The Morgan fingerprint density at radius 3 is 2.18 bits per heavy atom. The zero-order chi connectivity index (χ0) is 24.0. The van der Waals surface area contributed by atoms with Gasteiger partial charge in [-0.2, -0.15) is 0 Å². The van der Waals surface area contributed by atoms with Crippen molar-refractivity contribution in [2.45, 2.75) is 0 Å². The average Bonchev–Trinajstić information content (AvgIpc) is 2.81. The van der Waals surface area contributed by atoms with E-state index in [0.717, 1.165) is 0 Å². The molecule has 0 aliphatic rings. The van der Waals surface area contributed by atoms with Crippen LogP contribution in [-0.2, 0) is 4.79 Å². The lowest BCUT2D eigenvalue weighted by Crippen LogP contribution is -2.31. The van der Waals surface area contributed by atoms with Gasteiger partial charge in [-0.1, -0.05) is 47.5 Å². The minimum atomic E-state index is -1.18. The number of methoxy groups -OCH3 is 1. The molecule has 2 amide bonds. The number of aromatic carboxylic acids is 1. The maximum absolute atomic E-state index is 13.2. The van der Waals surface area contributed by atoms with Crippen LogP contribution in [0.3, 0.4) is 0 Å². The number of carbonyl (C=O) groups is 3. The second-order valence-corrected chi connectivity index (χ2v) is 7.50. The van der Waals surface area contributed by atoms with Gasteiger partial charge in [0.2, 0.25) is 0 Å². The summed E-state index contributed by atoms with van der Waals surface area (Å²) in [5.41, 5.74) is 0.533. The molecule has 0 aliphatic carbocycles. The molecule has 0 saturated carbocycles. The van der Waals surface area contributed by atoms with E-state index in [-0.39, 0.29) is 32.7 Å². The Kier molecular flexibility index (Phi) is 7.71. The first-order valence-corrected chi connectivity index (χ1v) is 10.3. The zero-order valence-electron chi connectivity index (χ0n) is 17.3. The number of hydrogen-bond donors (Lipinski definition) is 3. The molecule has 0 fully saturated rings. The molecule has 0 atom stereocenters. The summed E-state index contributed by atoms with van der Waals surface area (Å²) in [5, 5.41) is 15.0. The van der Waals surface area contributed by atoms with Gasteiger partial charge in [-0.05, 0) is 48.5 Å². The van der Waals surface area contributed by atoms with E-state index in [9.17, 15) is 19.5 Å². The molecular formula is C24H18Cl2N2O5. The molecule has 0 aromatic heterocycles. The number of rotatable bonds is 7. The SMILES string of the molecule is COc1ccc(C(=O)O)cc1NC(=O)C(=Cc1c(Cl)cccc1Cl)NC(=O)c1ccccc1. The van der Waals surface area contributed by atoms with Crippen molar-refractivity contribution in [1.29, 1.82) is 0 Å². The molecule has 0 radical (unpaired) electrons. The summed E-state index contributed by atoms with van der Waals surface area (Å²) in [4.78, 5) is 37.3. The van der Waals surface area contributed by atoms with Gasteiger partial charge in [-0.3, -0.25) is 9.59 Å². The van der Waals surface area contributed by atoms with E-state index in [1.165, 1.54) is 31.4 Å². The zero-order valence-corrected chi connectivity index (χ0v) is 18.8. The van der Waals surface area contributed by atoms with Gasteiger partial charge in [0.1, 0.15) is 11.4 Å². The fraction of sp³-hybridized carbons (Fsp3) is 0.0417. The summed E-state index contributed by atoms with van der Waals surface area (Å²) in [6.07, 6.45) is 1.34. The summed E-state index contributed by atoms with van der Waals surface area (Å²) in [5.74, 6) is -2.22. The summed E-state index contributed by atoms with van der Waals surface area (Å²) in [7, 11) is 1.38. The van der Waals surface area contributed by atoms with E-state index in [1.54, 1.807) is 48.5 Å². The maximum Gasteiger partial charge on any atom is 0.335 e. The van der Waals surface area contributed by atoms with Crippen LogP contribution in [0.1, 0.15) is 26.3 Å². The molecule has 33 heavy (non-hydrogen) atoms. The third-order valence-corrected chi connectivity index (χ3v) is 5.17. The summed E-state index contributed by atoms with van der Waals surface area (Å²) in [6.45, 7) is 0. The van der Waals surface area contributed by atoms with Crippen molar-refractivity contribution >= 4 is 52.7 Å². The number of hydrogen-bond acceptors (Lipinski definition) is 4. The highest BCUT2D eigenvalue weighted by atomic mass is 35.5. The first-order valence-electron chi connectivity index (χ1n) is 9.55. The summed E-state index contributed by atoms with van der Waals surface area (Å²) < 4.78 is 5.21. The Morgan fingerprint density at radius 1 is 0.909 bits per heavy atom. The lowest BCUT2D eigenvalue weighted by atomic mass is 10.1. The van der Waals surface area contributed by atoms with Gasteiger partial charge in [0, 0.05) is 21.2 Å². The van der Waals surface area contributed by atoms with Crippen molar-refractivity contribution < 1.29 is 24.2 Å². The van der Waals surface area contributed by atoms with E-state index in [0.29, 0.717) is 11.1 Å². The van der Waals surface area contributed by atoms with Crippen LogP contribution >= 0.6 is 23.2 Å². The molecule has 9 heteroatoms. The van der Waals surface area contributed by atoms with E-state index >= 15 is 0 Å². The Hall–Kier alpha value is -3.81. The molecular weight excluding hydrogens is 467 g/mol. The monoisotopic (exact) mass is 484 g/mol. The number of ether oxygens (including phenoxy) is 1. The predicted molar refractivity (Wildman–Crippen MR) is 127 cm³/mol. The summed E-state index contributed by atoms with van der Waals surface area (Å²) >= 11 is 12.5. The lowest BCUT2D eigenvalue weighted by Gasteiger charge is -2.14. The van der Waals surface area contributed by atoms with Crippen LogP contribution in [0.5, 0.6) is 5.75 Å². The van der Waals surface area contributed by atoms with Crippen LogP contribution in [0.2, 0.25) is 10.0 Å². The van der Waals surface area contributed by atoms with Crippen molar-refractivity contribution in [3.63, 3.8) is 0 Å². The second-order valence-electron chi connectivity index (χ2n) is 6.69. The minimum Gasteiger partial charge on any atom is -0.495 e. The van der Waals surface area contributed by atoms with E-state index < -0.39 is 17.8 Å². The lowest BCUT2D eigenvalue weighted by molar-refractivity contribution is -0.113. The molecule has 3 N–H and O–H groups in total. The third kappa shape index (κ3) is 5.91. The minimum absolute atomic E-state index is 0.0564. The Balaban J connectivity index is 2.01. The Labute approximate surface area is 199 Å². The highest BCUT2D eigenvalue weighted by molar-refractivity contribution is 6.37. The molecule has 0 spiro atoms. The van der Waals surface area contributed by atoms with E-state index in [4.69, 9.17) is 27.9 Å². The van der Waals surface area contributed by atoms with Gasteiger partial charge in [0.25, 0.3) is 11.8 Å². The van der Waals surface area contributed by atoms with Gasteiger partial charge >= 0.3 is 5.97 Å². The van der Waals surface area contributed by atoms with Crippen LogP contribution < -0.4 is 15.4 Å². The molecule has 0 aliphatic heterocycles. The van der Waals surface area contributed by atoms with Crippen molar-refractivity contribution in [1.82, 2.24) is 5.32 Å². The molecule has 0 saturated heterocycles. The standard InChI is InChI=1S/C24H18Cl2N2O5/c1-33-21-11-10-15(24(31)32)12-19(21)27-23(30)20(13-16-17(25)8-5-9-18(16)26)28-22(29)14-6-3-2-4-7-14/h2-13H,1H3,(H,27,30)(H,28,29)(H,31,32). The number of anilines is 1. The topological polar surface area (TPSA) is 105 Å². The van der Waals surface area contributed by atoms with Gasteiger partial charge in [0.15, 0.2) is 0 Å². The van der Waals surface area contributed by atoms with Crippen molar-refractivity contribution in [2.24, 2.45) is 0 Å². The number of amides is 2. The smallest absolute Gasteiger partial charge is 0.335 e.